The highest BCUT2D eigenvalue weighted by Gasteiger charge is 2.21. The molecule has 1 saturated heterocycles. The molecule has 132 valence electrons. The predicted octanol–water partition coefficient (Wildman–Crippen LogP) is 2.47. The summed E-state index contributed by atoms with van der Waals surface area (Å²) in [6.07, 6.45) is 0. The van der Waals surface area contributed by atoms with E-state index in [1.807, 2.05) is 26.0 Å². The average Bonchev–Trinajstić information content (AvgIpc) is 2.58. The van der Waals surface area contributed by atoms with Crippen molar-refractivity contribution in [3.8, 4) is 0 Å². The summed E-state index contributed by atoms with van der Waals surface area (Å²) in [6, 6.07) is 11.9. The van der Waals surface area contributed by atoms with Gasteiger partial charge in [0.25, 0.3) is 15.9 Å². The Morgan fingerprint density at radius 1 is 1.08 bits per heavy atom. The molecule has 1 heterocycles. The normalized spacial score (nSPS) is 15.3. The lowest BCUT2D eigenvalue weighted by Gasteiger charge is -2.26. The number of ether oxygens (including phenoxy) is 1. The molecule has 0 bridgehead atoms. The first-order valence-corrected chi connectivity index (χ1v) is 9.43. The number of rotatable bonds is 4. The molecule has 0 aliphatic carbocycles. The zero-order valence-electron chi connectivity index (χ0n) is 14.2. The fourth-order valence-electron chi connectivity index (χ4n) is 2.65. The summed E-state index contributed by atoms with van der Waals surface area (Å²) in [4.78, 5) is 13.6. The maximum Gasteiger partial charge on any atom is 0.261 e. The molecule has 25 heavy (non-hydrogen) atoms. The molecule has 2 aromatic carbocycles. The van der Waals surface area contributed by atoms with Gasteiger partial charge in [0.1, 0.15) is 6.61 Å². The van der Waals surface area contributed by atoms with Crippen molar-refractivity contribution in [3.05, 3.63) is 53.6 Å². The van der Waals surface area contributed by atoms with Crippen molar-refractivity contribution >= 4 is 27.3 Å². The smallest absolute Gasteiger partial charge is 0.261 e. The summed E-state index contributed by atoms with van der Waals surface area (Å²) in [5.74, 6) is -0.129. The minimum atomic E-state index is -3.69. The van der Waals surface area contributed by atoms with E-state index >= 15 is 0 Å². The zero-order valence-corrected chi connectivity index (χ0v) is 15.0. The van der Waals surface area contributed by atoms with E-state index in [0.717, 1.165) is 11.1 Å². The molecular formula is C18H20N2O4S. The first kappa shape index (κ1) is 17.4. The second-order valence-electron chi connectivity index (χ2n) is 6.02. The summed E-state index contributed by atoms with van der Waals surface area (Å²) in [5, 5.41) is 0. The third kappa shape index (κ3) is 3.83. The van der Waals surface area contributed by atoms with Crippen molar-refractivity contribution in [1.29, 1.82) is 0 Å². The highest BCUT2D eigenvalue weighted by molar-refractivity contribution is 7.92. The van der Waals surface area contributed by atoms with Gasteiger partial charge in [0.15, 0.2) is 0 Å². The SMILES string of the molecule is Cc1ccc(C)c(NS(=O)(=O)c2ccc(N3CCOCC3=O)cc2)c1. The van der Waals surface area contributed by atoms with Crippen LogP contribution in [0.25, 0.3) is 0 Å². The maximum atomic E-state index is 12.6. The number of sulfonamides is 1. The Kier molecular flexibility index (Phi) is 4.78. The number of hydrogen-bond donors (Lipinski definition) is 1. The van der Waals surface area contributed by atoms with Crippen LogP contribution in [0.1, 0.15) is 11.1 Å². The molecule has 0 radical (unpaired) electrons. The number of morpholine rings is 1. The third-order valence-electron chi connectivity index (χ3n) is 4.08. The number of aryl methyl sites for hydroxylation is 2. The number of nitrogens with zero attached hydrogens (tertiary/aromatic N) is 1. The highest BCUT2D eigenvalue weighted by Crippen LogP contribution is 2.23. The van der Waals surface area contributed by atoms with Crippen LogP contribution in [0.3, 0.4) is 0 Å². The van der Waals surface area contributed by atoms with Gasteiger partial charge in [-0.2, -0.15) is 0 Å². The predicted molar refractivity (Wildman–Crippen MR) is 96.3 cm³/mol. The number of carbonyl (C=O) groups is 1. The standard InChI is InChI=1S/C18H20N2O4S/c1-13-3-4-14(2)17(11-13)19-25(22,23)16-7-5-15(6-8-16)20-9-10-24-12-18(20)21/h3-8,11,19H,9-10,12H2,1-2H3. The maximum absolute atomic E-state index is 12.6. The van der Waals surface area contributed by atoms with Crippen LogP contribution in [0.2, 0.25) is 0 Å². The Morgan fingerprint density at radius 2 is 1.80 bits per heavy atom. The van der Waals surface area contributed by atoms with Crippen LogP contribution >= 0.6 is 0 Å². The molecule has 0 unspecified atom stereocenters. The summed E-state index contributed by atoms with van der Waals surface area (Å²) < 4.78 is 32.9. The van der Waals surface area contributed by atoms with Gasteiger partial charge in [-0.1, -0.05) is 12.1 Å². The number of nitrogens with one attached hydrogen (secondary N) is 1. The van der Waals surface area contributed by atoms with Crippen molar-refractivity contribution in [3.63, 3.8) is 0 Å². The van der Waals surface area contributed by atoms with E-state index in [1.54, 1.807) is 23.1 Å². The summed E-state index contributed by atoms with van der Waals surface area (Å²) in [6.45, 7) is 4.75. The minimum Gasteiger partial charge on any atom is -0.370 e. The molecule has 7 heteroatoms. The Hall–Kier alpha value is -2.38. The molecule has 0 aromatic heterocycles. The van der Waals surface area contributed by atoms with Gasteiger partial charge >= 0.3 is 0 Å². The lowest BCUT2D eigenvalue weighted by molar-refractivity contribution is -0.125. The first-order chi connectivity index (χ1) is 11.9. The van der Waals surface area contributed by atoms with Crippen molar-refractivity contribution in [2.45, 2.75) is 18.7 Å². The quantitative estimate of drug-likeness (QED) is 0.909. The largest absolute Gasteiger partial charge is 0.370 e. The molecule has 1 aliphatic rings. The van der Waals surface area contributed by atoms with Gasteiger partial charge < -0.3 is 9.64 Å². The fraction of sp³-hybridized carbons (Fsp3) is 0.278. The highest BCUT2D eigenvalue weighted by atomic mass is 32.2. The lowest BCUT2D eigenvalue weighted by atomic mass is 10.1. The molecule has 2 aromatic rings. The van der Waals surface area contributed by atoms with E-state index in [2.05, 4.69) is 4.72 Å². The van der Waals surface area contributed by atoms with Crippen LogP contribution in [0.4, 0.5) is 11.4 Å². The molecule has 1 N–H and O–H groups in total. The Balaban J connectivity index is 1.83. The summed E-state index contributed by atoms with van der Waals surface area (Å²) >= 11 is 0. The van der Waals surface area contributed by atoms with Crippen LogP contribution in [0.15, 0.2) is 47.4 Å². The number of anilines is 2. The number of benzene rings is 2. The van der Waals surface area contributed by atoms with Gasteiger partial charge in [0, 0.05) is 12.2 Å². The number of carbonyl (C=O) groups excluding carboxylic acids is 1. The van der Waals surface area contributed by atoms with Gasteiger partial charge in [-0.25, -0.2) is 8.42 Å². The van der Waals surface area contributed by atoms with Crippen molar-refractivity contribution in [2.24, 2.45) is 0 Å². The van der Waals surface area contributed by atoms with E-state index in [1.165, 1.54) is 12.1 Å². The Morgan fingerprint density at radius 3 is 2.48 bits per heavy atom. The summed E-state index contributed by atoms with van der Waals surface area (Å²) in [7, 11) is -3.69. The molecule has 0 atom stereocenters. The Labute approximate surface area is 147 Å². The minimum absolute atomic E-state index is 0.0498. The number of amides is 1. The topological polar surface area (TPSA) is 75.7 Å². The van der Waals surface area contributed by atoms with E-state index in [9.17, 15) is 13.2 Å². The first-order valence-electron chi connectivity index (χ1n) is 7.95. The van der Waals surface area contributed by atoms with Gasteiger partial charge in [0.2, 0.25) is 0 Å². The van der Waals surface area contributed by atoms with Crippen LogP contribution < -0.4 is 9.62 Å². The second kappa shape index (κ2) is 6.85. The van der Waals surface area contributed by atoms with E-state index < -0.39 is 10.0 Å². The van der Waals surface area contributed by atoms with Gasteiger partial charge in [-0.15, -0.1) is 0 Å². The second-order valence-corrected chi connectivity index (χ2v) is 7.70. The molecule has 1 amide bonds. The molecule has 0 spiro atoms. The van der Waals surface area contributed by atoms with Crippen LogP contribution in [0, 0.1) is 13.8 Å². The van der Waals surface area contributed by atoms with Crippen LogP contribution in [-0.2, 0) is 19.6 Å². The molecule has 0 saturated carbocycles. The number of hydrogen-bond acceptors (Lipinski definition) is 4. The third-order valence-corrected chi connectivity index (χ3v) is 5.46. The van der Waals surface area contributed by atoms with Crippen molar-refractivity contribution in [1.82, 2.24) is 0 Å². The molecular weight excluding hydrogens is 340 g/mol. The molecule has 1 fully saturated rings. The van der Waals surface area contributed by atoms with Crippen molar-refractivity contribution in [2.75, 3.05) is 29.4 Å². The van der Waals surface area contributed by atoms with Gasteiger partial charge in [-0.05, 0) is 55.3 Å². The van der Waals surface area contributed by atoms with E-state index in [4.69, 9.17) is 4.74 Å². The monoisotopic (exact) mass is 360 g/mol. The van der Waals surface area contributed by atoms with Crippen LogP contribution in [-0.4, -0.2) is 34.1 Å². The molecule has 6 nitrogen and oxygen atoms in total. The zero-order chi connectivity index (χ0) is 18.0. The molecule has 1 aliphatic heterocycles. The lowest BCUT2D eigenvalue weighted by Crippen LogP contribution is -2.41. The summed E-state index contributed by atoms with van der Waals surface area (Å²) in [5.41, 5.74) is 3.06. The van der Waals surface area contributed by atoms with Crippen molar-refractivity contribution < 1.29 is 17.9 Å². The van der Waals surface area contributed by atoms with Gasteiger partial charge in [0.05, 0.1) is 17.2 Å². The molecule has 3 rings (SSSR count). The fourth-order valence-corrected chi connectivity index (χ4v) is 3.77. The van der Waals surface area contributed by atoms with E-state index in [-0.39, 0.29) is 17.4 Å². The van der Waals surface area contributed by atoms with Gasteiger partial charge in [-0.3, -0.25) is 9.52 Å². The van der Waals surface area contributed by atoms with E-state index in [0.29, 0.717) is 24.5 Å². The average molecular weight is 360 g/mol. The Bertz CT molecular complexity index is 892. The van der Waals surface area contributed by atoms with Crippen LogP contribution in [0.5, 0.6) is 0 Å².